The first-order valence-corrected chi connectivity index (χ1v) is 6.65. The molecular formula is C15H15N3O5. The zero-order chi connectivity index (χ0) is 16.8. The summed E-state index contributed by atoms with van der Waals surface area (Å²) in [5.41, 5.74) is 0.894. The van der Waals surface area contributed by atoms with Crippen LogP contribution in [0.5, 0.6) is 5.75 Å². The summed E-state index contributed by atoms with van der Waals surface area (Å²) in [6.07, 6.45) is 1.46. The van der Waals surface area contributed by atoms with Gasteiger partial charge in [-0.25, -0.2) is 9.78 Å². The van der Waals surface area contributed by atoms with E-state index in [0.29, 0.717) is 5.75 Å². The van der Waals surface area contributed by atoms with Crippen molar-refractivity contribution in [2.75, 3.05) is 19.5 Å². The first-order valence-electron chi connectivity index (χ1n) is 6.65. The lowest BCUT2D eigenvalue weighted by Crippen LogP contribution is -2.08. The van der Waals surface area contributed by atoms with Crippen LogP contribution in [0.1, 0.15) is 15.9 Å². The van der Waals surface area contributed by atoms with E-state index in [1.807, 2.05) is 0 Å². The Labute approximate surface area is 132 Å². The molecule has 120 valence electrons. The Morgan fingerprint density at radius 3 is 2.78 bits per heavy atom. The Morgan fingerprint density at radius 1 is 1.35 bits per heavy atom. The number of aromatic nitrogens is 1. The maximum absolute atomic E-state index is 11.7. The van der Waals surface area contributed by atoms with Crippen molar-refractivity contribution in [3.63, 3.8) is 0 Å². The van der Waals surface area contributed by atoms with Gasteiger partial charge in [-0.15, -0.1) is 0 Å². The predicted molar refractivity (Wildman–Crippen MR) is 82.6 cm³/mol. The van der Waals surface area contributed by atoms with Crippen LogP contribution in [0.3, 0.4) is 0 Å². The average Bonchev–Trinajstić information content (AvgIpc) is 2.59. The molecule has 8 nitrogen and oxygen atoms in total. The van der Waals surface area contributed by atoms with Crippen LogP contribution in [-0.4, -0.2) is 30.1 Å². The zero-order valence-corrected chi connectivity index (χ0v) is 12.6. The molecule has 0 unspecified atom stereocenters. The molecule has 0 bridgehead atoms. The molecular weight excluding hydrogens is 302 g/mol. The molecule has 0 aliphatic carbocycles. The van der Waals surface area contributed by atoms with E-state index in [9.17, 15) is 14.9 Å². The number of carbonyl (C=O) groups excluding carboxylic acids is 1. The lowest BCUT2D eigenvalue weighted by atomic mass is 10.1. The standard InChI is InChI=1S/C15H15N3O5/c1-22-13-6-5-10(8-11(13)15(19)23-2)9-17-14-12(18(20)21)4-3-7-16-14/h3-8H,9H2,1-2H3,(H,16,17). The minimum absolute atomic E-state index is 0.116. The molecule has 0 atom stereocenters. The van der Waals surface area contributed by atoms with E-state index in [0.717, 1.165) is 5.56 Å². The molecule has 0 fully saturated rings. The van der Waals surface area contributed by atoms with Gasteiger partial charge in [0.2, 0.25) is 5.82 Å². The van der Waals surface area contributed by atoms with Gasteiger partial charge in [-0.05, 0) is 23.8 Å². The van der Waals surface area contributed by atoms with Crippen molar-refractivity contribution in [1.82, 2.24) is 4.98 Å². The van der Waals surface area contributed by atoms with E-state index in [1.165, 1.54) is 32.5 Å². The summed E-state index contributed by atoms with van der Waals surface area (Å²) < 4.78 is 9.82. The van der Waals surface area contributed by atoms with E-state index in [-0.39, 0.29) is 23.6 Å². The van der Waals surface area contributed by atoms with Crippen molar-refractivity contribution in [3.8, 4) is 5.75 Å². The number of rotatable bonds is 6. The van der Waals surface area contributed by atoms with Gasteiger partial charge in [0.1, 0.15) is 11.3 Å². The van der Waals surface area contributed by atoms with E-state index in [2.05, 4.69) is 10.3 Å². The van der Waals surface area contributed by atoms with E-state index in [4.69, 9.17) is 9.47 Å². The number of hydrogen-bond donors (Lipinski definition) is 1. The largest absolute Gasteiger partial charge is 0.496 e. The van der Waals surface area contributed by atoms with Crippen LogP contribution in [0, 0.1) is 10.1 Å². The van der Waals surface area contributed by atoms with Gasteiger partial charge in [0, 0.05) is 18.8 Å². The lowest BCUT2D eigenvalue weighted by Gasteiger charge is -2.10. The molecule has 0 radical (unpaired) electrons. The lowest BCUT2D eigenvalue weighted by molar-refractivity contribution is -0.384. The van der Waals surface area contributed by atoms with Crippen molar-refractivity contribution in [3.05, 3.63) is 57.8 Å². The van der Waals surface area contributed by atoms with Crippen LogP contribution in [0.4, 0.5) is 11.5 Å². The fourth-order valence-electron chi connectivity index (χ4n) is 2.00. The van der Waals surface area contributed by atoms with Gasteiger partial charge < -0.3 is 14.8 Å². The molecule has 1 N–H and O–H groups in total. The number of esters is 1. The van der Waals surface area contributed by atoms with Gasteiger partial charge in [-0.2, -0.15) is 0 Å². The topological polar surface area (TPSA) is 104 Å². The number of anilines is 1. The molecule has 1 heterocycles. The normalized spacial score (nSPS) is 10.0. The molecule has 0 saturated carbocycles. The Hall–Kier alpha value is -3.16. The zero-order valence-electron chi connectivity index (χ0n) is 12.6. The maximum Gasteiger partial charge on any atom is 0.341 e. The molecule has 2 aromatic rings. The molecule has 8 heteroatoms. The minimum atomic E-state index is -0.521. The summed E-state index contributed by atoms with van der Waals surface area (Å²) in [5.74, 6) is 0.0323. The number of nitro groups is 1. The van der Waals surface area contributed by atoms with Crippen LogP contribution < -0.4 is 10.1 Å². The summed E-state index contributed by atoms with van der Waals surface area (Å²) in [4.78, 5) is 26.1. The molecule has 1 aromatic carbocycles. The van der Waals surface area contributed by atoms with Crippen molar-refractivity contribution < 1.29 is 19.2 Å². The number of hydrogen-bond acceptors (Lipinski definition) is 7. The predicted octanol–water partition coefficient (Wildman–Crippen LogP) is 2.40. The van der Waals surface area contributed by atoms with Crippen molar-refractivity contribution in [2.24, 2.45) is 0 Å². The molecule has 23 heavy (non-hydrogen) atoms. The summed E-state index contributed by atoms with van der Waals surface area (Å²) in [6, 6.07) is 7.84. The Balaban J connectivity index is 2.21. The number of nitrogens with one attached hydrogen (secondary N) is 1. The Kier molecular flexibility index (Phi) is 5.08. The average molecular weight is 317 g/mol. The van der Waals surface area contributed by atoms with Gasteiger partial charge in [0.25, 0.3) is 0 Å². The molecule has 1 aromatic heterocycles. The van der Waals surface area contributed by atoms with Crippen LogP contribution >= 0.6 is 0 Å². The Bertz CT molecular complexity index is 733. The third kappa shape index (κ3) is 3.73. The van der Waals surface area contributed by atoms with Gasteiger partial charge in [0.05, 0.1) is 19.1 Å². The van der Waals surface area contributed by atoms with E-state index < -0.39 is 10.9 Å². The summed E-state index contributed by atoms with van der Waals surface area (Å²) in [6.45, 7) is 0.256. The minimum Gasteiger partial charge on any atom is -0.496 e. The highest BCUT2D eigenvalue weighted by molar-refractivity contribution is 5.92. The monoisotopic (exact) mass is 317 g/mol. The highest BCUT2D eigenvalue weighted by Crippen LogP contribution is 2.23. The van der Waals surface area contributed by atoms with Crippen LogP contribution in [0.25, 0.3) is 0 Å². The van der Waals surface area contributed by atoms with Crippen LogP contribution in [0.2, 0.25) is 0 Å². The van der Waals surface area contributed by atoms with E-state index >= 15 is 0 Å². The highest BCUT2D eigenvalue weighted by atomic mass is 16.6. The third-order valence-electron chi connectivity index (χ3n) is 3.11. The van der Waals surface area contributed by atoms with Crippen LogP contribution in [0.15, 0.2) is 36.5 Å². The van der Waals surface area contributed by atoms with Crippen LogP contribution in [-0.2, 0) is 11.3 Å². The third-order valence-corrected chi connectivity index (χ3v) is 3.11. The van der Waals surface area contributed by atoms with E-state index in [1.54, 1.807) is 18.2 Å². The first-order chi connectivity index (χ1) is 11.1. The quantitative estimate of drug-likeness (QED) is 0.495. The summed E-state index contributed by atoms with van der Waals surface area (Å²) in [7, 11) is 2.74. The second kappa shape index (κ2) is 7.21. The fourth-order valence-corrected chi connectivity index (χ4v) is 2.00. The smallest absolute Gasteiger partial charge is 0.341 e. The molecule has 0 spiro atoms. The molecule has 0 aliphatic heterocycles. The first kappa shape index (κ1) is 16.2. The number of ether oxygens (including phenoxy) is 2. The van der Waals surface area contributed by atoms with Gasteiger partial charge in [-0.1, -0.05) is 6.07 Å². The highest BCUT2D eigenvalue weighted by Gasteiger charge is 2.16. The summed E-state index contributed by atoms with van der Waals surface area (Å²) >= 11 is 0. The van der Waals surface area contributed by atoms with Gasteiger partial charge >= 0.3 is 11.7 Å². The number of benzene rings is 1. The number of pyridine rings is 1. The Morgan fingerprint density at radius 2 is 2.13 bits per heavy atom. The molecule has 0 aliphatic rings. The number of carbonyl (C=O) groups is 1. The van der Waals surface area contributed by atoms with Crippen molar-refractivity contribution in [1.29, 1.82) is 0 Å². The summed E-state index contributed by atoms with van der Waals surface area (Å²) in [5, 5.41) is 13.8. The second-order valence-electron chi connectivity index (χ2n) is 4.51. The fraction of sp³-hybridized carbons (Fsp3) is 0.200. The maximum atomic E-state index is 11.7. The van der Waals surface area contributed by atoms with Crippen molar-refractivity contribution in [2.45, 2.75) is 6.54 Å². The van der Waals surface area contributed by atoms with Gasteiger partial charge in [-0.3, -0.25) is 10.1 Å². The molecule has 0 saturated heterocycles. The second-order valence-corrected chi connectivity index (χ2v) is 4.51. The molecule has 2 rings (SSSR count). The molecule has 0 amide bonds. The SMILES string of the molecule is COC(=O)c1cc(CNc2ncccc2[N+](=O)[O-])ccc1OC. The van der Waals surface area contributed by atoms with Gasteiger partial charge in [0.15, 0.2) is 0 Å². The number of nitrogens with zero attached hydrogens (tertiary/aromatic N) is 2. The number of methoxy groups -OCH3 is 2. The van der Waals surface area contributed by atoms with Crippen molar-refractivity contribution >= 4 is 17.5 Å².